The van der Waals surface area contributed by atoms with Gasteiger partial charge in [0, 0.05) is 19.0 Å². The maximum absolute atomic E-state index is 11.5. The zero-order chi connectivity index (χ0) is 13.9. The van der Waals surface area contributed by atoms with Crippen molar-refractivity contribution in [3.8, 4) is 0 Å². The van der Waals surface area contributed by atoms with E-state index >= 15 is 0 Å². The van der Waals surface area contributed by atoms with Gasteiger partial charge in [-0.2, -0.15) is 0 Å². The van der Waals surface area contributed by atoms with E-state index in [0.717, 1.165) is 6.26 Å². The Labute approximate surface area is 111 Å². The molecule has 0 bridgehead atoms. The molecule has 100 valence electrons. The maximum atomic E-state index is 11.5. The van der Waals surface area contributed by atoms with Gasteiger partial charge < -0.3 is 10.6 Å². The molecule has 0 saturated heterocycles. The molecule has 0 fully saturated rings. The van der Waals surface area contributed by atoms with Gasteiger partial charge in [0.15, 0.2) is 9.84 Å². The number of hydrogen-bond acceptors (Lipinski definition) is 4. The number of benzene rings is 1. The van der Waals surface area contributed by atoms with E-state index in [4.69, 9.17) is 11.6 Å². The molecule has 0 spiro atoms. The molecule has 1 amide bonds. The molecular weight excluding hydrogens is 276 g/mol. The summed E-state index contributed by atoms with van der Waals surface area (Å²) in [6, 6.07) is 3.03. The molecule has 1 aromatic rings. The van der Waals surface area contributed by atoms with E-state index in [9.17, 15) is 13.2 Å². The fourth-order valence-electron chi connectivity index (χ4n) is 1.40. The highest BCUT2D eigenvalue weighted by Gasteiger charge is 2.16. The van der Waals surface area contributed by atoms with Crippen molar-refractivity contribution in [1.82, 2.24) is 5.32 Å². The Kier molecular flexibility index (Phi) is 4.59. The van der Waals surface area contributed by atoms with Crippen molar-refractivity contribution in [2.45, 2.75) is 11.8 Å². The number of halogens is 1. The van der Waals surface area contributed by atoms with Crippen LogP contribution in [0.25, 0.3) is 0 Å². The number of carbonyl (C=O) groups is 1. The lowest BCUT2D eigenvalue weighted by molar-refractivity contribution is -0.118. The van der Waals surface area contributed by atoms with E-state index in [2.05, 4.69) is 10.6 Å². The van der Waals surface area contributed by atoms with Crippen molar-refractivity contribution in [2.24, 2.45) is 0 Å². The van der Waals surface area contributed by atoms with Gasteiger partial charge in [-0.05, 0) is 24.6 Å². The highest BCUT2D eigenvalue weighted by atomic mass is 35.5. The van der Waals surface area contributed by atoms with Gasteiger partial charge in [0.1, 0.15) is 0 Å². The summed E-state index contributed by atoms with van der Waals surface area (Å²) in [5, 5.41) is 5.55. The van der Waals surface area contributed by atoms with Gasteiger partial charge in [0.2, 0.25) is 5.91 Å². The van der Waals surface area contributed by atoms with Crippen LogP contribution in [0.2, 0.25) is 5.02 Å². The highest BCUT2D eigenvalue weighted by molar-refractivity contribution is 7.90. The van der Waals surface area contributed by atoms with Crippen LogP contribution < -0.4 is 10.6 Å². The SMILES string of the molecule is CNC(=O)CNc1ccc(S(C)(=O)=O)c(Cl)c1C. The molecule has 7 heteroatoms. The van der Waals surface area contributed by atoms with Gasteiger partial charge in [0.25, 0.3) is 0 Å². The van der Waals surface area contributed by atoms with Crippen LogP contribution in [-0.4, -0.2) is 34.2 Å². The van der Waals surface area contributed by atoms with Gasteiger partial charge in [-0.1, -0.05) is 11.6 Å². The Bertz CT molecular complexity index is 570. The lowest BCUT2D eigenvalue weighted by atomic mass is 10.2. The lowest BCUT2D eigenvalue weighted by Crippen LogP contribution is -2.26. The monoisotopic (exact) mass is 290 g/mol. The van der Waals surface area contributed by atoms with E-state index in [1.807, 2.05) is 0 Å². The largest absolute Gasteiger partial charge is 0.376 e. The van der Waals surface area contributed by atoms with Gasteiger partial charge >= 0.3 is 0 Å². The Morgan fingerprint density at radius 2 is 2.00 bits per heavy atom. The van der Waals surface area contributed by atoms with Crippen molar-refractivity contribution in [3.63, 3.8) is 0 Å². The fourth-order valence-corrected chi connectivity index (χ4v) is 2.78. The van der Waals surface area contributed by atoms with Crippen molar-refractivity contribution in [3.05, 3.63) is 22.7 Å². The second-order valence-electron chi connectivity index (χ2n) is 3.85. The van der Waals surface area contributed by atoms with Crippen molar-refractivity contribution < 1.29 is 13.2 Å². The maximum Gasteiger partial charge on any atom is 0.239 e. The van der Waals surface area contributed by atoms with Gasteiger partial charge in [-0.3, -0.25) is 4.79 Å². The van der Waals surface area contributed by atoms with E-state index < -0.39 is 9.84 Å². The van der Waals surface area contributed by atoms with Crippen LogP contribution in [0.15, 0.2) is 17.0 Å². The third kappa shape index (κ3) is 3.36. The van der Waals surface area contributed by atoms with Crippen LogP contribution in [0.4, 0.5) is 5.69 Å². The topological polar surface area (TPSA) is 75.3 Å². The summed E-state index contributed by atoms with van der Waals surface area (Å²) in [6.45, 7) is 1.80. The minimum absolute atomic E-state index is 0.0900. The fraction of sp³-hybridized carbons (Fsp3) is 0.364. The number of carbonyl (C=O) groups excluding carboxylic acids is 1. The normalized spacial score (nSPS) is 11.1. The second kappa shape index (κ2) is 5.58. The predicted molar refractivity (Wildman–Crippen MR) is 71.9 cm³/mol. The third-order valence-corrected chi connectivity index (χ3v) is 4.21. The molecule has 1 rings (SSSR count). The predicted octanol–water partition coefficient (Wildman–Crippen LogP) is 1.21. The first kappa shape index (κ1) is 14.8. The Hall–Kier alpha value is -1.27. The molecule has 1 aromatic carbocycles. The van der Waals surface area contributed by atoms with Gasteiger partial charge in [0.05, 0.1) is 16.5 Å². The third-order valence-electron chi connectivity index (χ3n) is 2.47. The van der Waals surface area contributed by atoms with Crippen LogP contribution in [0, 0.1) is 6.92 Å². The molecule has 0 aromatic heterocycles. The highest BCUT2D eigenvalue weighted by Crippen LogP contribution is 2.30. The lowest BCUT2D eigenvalue weighted by Gasteiger charge is -2.12. The van der Waals surface area contributed by atoms with Gasteiger partial charge in [-0.25, -0.2) is 8.42 Å². The van der Waals surface area contributed by atoms with Crippen LogP contribution in [0.1, 0.15) is 5.56 Å². The van der Waals surface area contributed by atoms with Crippen LogP contribution in [-0.2, 0) is 14.6 Å². The summed E-state index contributed by atoms with van der Waals surface area (Å²) in [5.41, 5.74) is 1.24. The number of anilines is 1. The molecule has 0 aliphatic heterocycles. The first-order valence-electron chi connectivity index (χ1n) is 5.21. The number of rotatable bonds is 4. The average molecular weight is 291 g/mol. The molecule has 5 nitrogen and oxygen atoms in total. The minimum Gasteiger partial charge on any atom is -0.376 e. The Balaban J connectivity index is 3.06. The smallest absolute Gasteiger partial charge is 0.239 e. The van der Waals surface area contributed by atoms with E-state index in [0.29, 0.717) is 11.3 Å². The van der Waals surface area contributed by atoms with Crippen molar-refractivity contribution in [1.29, 1.82) is 0 Å². The van der Waals surface area contributed by atoms with E-state index in [1.54, 1.807) is 13.0 Å². The molecule has 0 aliphatic rings. The summed E-state index contributed by atoms with van der Waals surface area (Å²) in [4.78, 5) is 11.2. The number of hydrogen-bond donors (Lipinski definition) is 2. The summed E-state index contributed by atoms with van der Waals surface area (Å²) in [7, 11) is -1.81. The molecule has 2 N–H and O–H groups in total. The molecule has 0 radical (unpaired) electrons. The second-order valence-corrected chi connectivity index (χ2v) is 6.21. The molecule has 0 unspecified atom stereocenters. The number of amides is 1. The molecule has 0 aliphatic carbocycles. The summed E-state index contributed by atoms with van der Waals surface area (Å²) in [6.07, 6.45) is 1.10. The number of sulfone groups is 1. The molecule has 0 atom stereocenters. The van der Waals surface area contributed by atoms with Crippen LogP contribution in [0.3, 0.4) is 0 Å². The molecular formula is C11H15ClN2O3S. The first-order valence-corrected chi connectivity index (χ1v) is 7.48. The zero-order valence-corrected chi connectivity index (χ0v) is 11.9. The summed E-state index contributed by atoms with van der Waals surface area (Å²) < 4.78 is 22.9. The average Bonchev–Trinajstić information content (AvgIpc) is 2.28. The van der Waals surface area contributed by atoms with Crippen molar-refractivity contribution in [2.75, 3.05) is 25.2 Å². The van der Waals surface area contributed by atoms with Crippen LogP contribution >= 0.6 is 11.6 Å². The van der Waals surface area contributed by atoms with E-state index in [1.165, 1.54) is 13.1 Å². The first-order chi connectivity index (χ1) is 8.27. The number of nitrogens with one attached hydrogen (secondary N) is 2. The number of likely N-dealkylation sites (N-methyl/N-ethyl adjacent to an activating group) is 1. The van der Waals surface area contributed by atoms with E-state index in [-0.39, 0.29) is 22.4 Å². The van der Waals surface area contributed by atoms with Crippen molar-refractivity contribution >= 4 is 33.0 Å². The molecule has 0 saturated carbocycles. The van der Waals surface area contributed by atoms with Gasteiger partial charge in [-0.15, -0.1) is 0 Å². The molecule has 18 heavy (non-hydrogen) atoms. The van der Waals surface area contributed by atoms with Crippen LogP contribution in [0.5, 0.6) is 0 Å². The summed E-state index contributed by atoms with van der Waals surface area (Å²) >= 11 is 6.01. The minimum atomic E-state index is -3.35. The Morgan fingerprint density at radius 3 is 2.50 bits per heavy atom. The standard InChI is InChI=1S/C11H15ClN2O3S/c1-7-8(14-6-10(15)13-2)4-5-9(11(7)12)18(3,16)17/h4-5,14H,6H2,1-3H3,(H,13,15). The summed E-state index contributed by atoms with van der Waals surface area (Å²) in [5.74, 6) is -0.169. The zero-order valence-electron chi connectivity index (χ0n) is 10.4. The Morgan fingerprint density at radius 1 is 1.39 bits per heavy atom. The quantitative estimate of drug-likeness (QED) is 0.874. The molecule has 0 heterocycles.